The van der Waals surface area contributed by atoms with Crippen LogP contribution in [0, 0.1) is 17.7 Å². The minimum Gasteiger partial charge on any atom is -0.347 e. The van der Waals surface area contributed by atoms with Gasteiger partial charge in [0.05, 0.1) is 18.7 Å². The van der Waals surface area contributed by atoms with E-state index in [1.165, 1.54) is 29.0 Å². The maximum absolute atomic E-state index is 13.4. The molecule has 21 heavy (non-hydrogen) atoms. The molecule has 0 aliphatic carbocycles. The fraction of sp³-hybridized carbons (Fsp3) is 0.333. The number of hydrogen-bond acceptors (Lipinski definition) is 3. The summed E-state index contributed by atoms with van der Waals surface area (Å²) in [4.78, 5) is 26.6. The summed E-state index contributed by atoms with van der Waals surface area (Å²) in [5.41, 5.74) is 5.80. The highest BCUT2D eigenvalue weighted by atomic mass is 19.1. The van der Waals surface area contributed by atoms with Gasteiger partial charge in [-0.2, -0.15) is 0 Å². The molecule has 0 spiro atoms. The highest BCUT2D eigenvalue weighted by Crippen LogP contribution is 2.13. The van der Waals surface area contributed by atoms with Gasteiger partial charge in [-0.25, -0.2) is 4.39 Å². The Morgan fingerprint density at radius 1 is 1.29 bits per heavy atom. The largest absolute Gasteiger partial charge is 0.347 e. The molecule has 112 valence electrons. The van der Waals surface area contributed by atoms with Gasteiger partial charge in [0.2, 0.25) is 5.91 Å². The minimum absolute atomic E-state index is 0.0912. The van der Waals surface area contributed by atoms with Crippen molar-refractivity contribution in [2.45, 2.75) is 0 Å². The molecule has 2 amide bonds. The van der Waals surface area contributed by atoms with Crippen LogP contribution in [0.2, 0.25) is 0 Å². The second-order valence-corrected chi connectivity index (χ2v) is 4.65. The smallest absolute Gasteiger partial charge is 0.255 e. The number of nitrogens with zero attached hydrogens (tertiary/aromatic N) is 2. The van der Waals surface area contributed by atoms with E-state index < -0.39 is 11.7 Å². The Balaban J connectivity index is 3.05. The first-order chi connectivity index (χ1) is 9.86. The molecule has 0 radical (unpaired) electrons. The van der Waals surface area contributed by atoms with Crippen molar-refractivity contribution >= 4 is 11.8 Å². The van der Waals surface area contributed by atoms with E-state index in [1.54, 1.807) is 14.1 Å². The zero-order valence-electron chi connectivity index (χ0n) is 12.3. The summed E-state index contributed by atoms with van der Waals surface area (Å²) in [7, 11) is 4.68. The normalized spacial score (nSPS) is 9.57. The van der Waals surface area contributed by atoms with Crippen molar-refractivity contribution in [3.8, 4) is 11.8 Å². The third-order valence-corrected chi connectivity index (χ3v) is 2.76. The third kappa shape index (κ3) is 4.58. The average Bonchev–Trinajstić information content (AvgIpc) is 2.44. The van der Waals surface area contributed by atoms with Crippen molar-refractivity contribution in [2.24, 2.45) is 5.73 Å². The molecular formula is C15H18FN3O2. The van der Waals surface area contributed by atoms with Gasteiger partial charge in [-0.3, -0.25) is 9.59 Å². The monoisotopic (exact) mass is 291 g/mol. The first-order valence-corrected chi connectivity index (χ1v) is 6.31. The molecule has 0 saturated carbocycles. The summed E-state index contributed by atoms with van der Waals surface area (Å²) in [5, 5.41) is 0. The lowest BCUT2D eigenvalue weighted by Gasteiger charge is -2.20. The zero-order valence-corrected chi connectivity index (χ0v) is 12.3. The number of amides is 2. The number of hydrogen-bond donors (Lipinski definition) is 1. The van der Waals surface area contributed by atoms with Gasteiger partial charge in [0.25, 0.3) is 5.91 Å². The van der Waals surface area contributed by atoms with Crippen LogP contribution in [-0.4, -0.2) is 55.8 Å². The molecule has 0 atom stereocenters. The first kappa shape index (κ1) is 16.7. The quantitative estimate of drug-likeness (QED) is 0.814. The maximum Gasteiger partial charge on any atom is 0.255 e. The number of nitrogens with two attached hydrogens (primary N) is 1. The first-order valence-electron chi connectivity index (χ1n) is 6.31. The van der Waals surface area contributed by atoms with Gasteiger partial charge in [-0.15, -0.1) is 0 Å². The predicted molar refractivity (Wildman–Crippen MR) is 78.0 cm³/mol. The van der Waals surface area contributed by atoms with Gasteiger partial charge in [0.1, 0.15) is 5.82 Å². The molecule has 0 bridgehead atoms. The van der Waals surface area contributed by atoms with E-state index in [9.17, 15) is 14.0 Å². The highest BCUT2D eigenvalue weighted by molar-refractivity contribution is 5.98. The number of carbonyl (C=O) groups excluding carboxylic acids is 2. The molecule has 5 nitrogen and oxygen atoms in total. The number of halogens is 1. The van der Waals surface area contributed by atoms with E-state index in [4.69, 9.17) is 5.73 Å². The summed E-state index contributed by atoms with van der Waals surface area (Å²) in [6.07, 6.45) is 0. The van der Waals surface area contributed by atoms with Gasteiger partial charge in [-0.05, 0) is 18.2 Å². The number of likely N-dealkylation sites (N-methyl/N-ethyl adjacent to an activating group) is 2. The van der Waals surface area contributed by atoms with Crippen LogP contribution in [0.5, 0.6) is 0 Å². The van der Waals surface area contributed by atoms with Gasteiger partial charge in [0, 0.05) is 26.7 Å². The van der Waals surface area contributed by atoms with Crippen molar-refractivity contribution in [3.05, 3.63) is 35.1 Å². The molecule has 0 aromatic heterocycles. The zero-order chi connectivity index (χ0) is 16.0. The number of rotatable bonds is 3. The van der Waals surface area contributed by atoms with Crippen LogP contribution in [0.3, 0.4) is 0 Å². The Labute approximate surface area is 123 Å². The van der Waals surface area contributed by atoms with Crippen LogP contribution in [0.15, 0.2) is 18.2 Å². The van der Waals surface area contributed by atoms with E-state index in [2.05, 4.69) is 11.8 Å². The summed E-state index contributed by atoms with van der Waals surface area (Å²) in [5.74, 6) is 4.12. The second-order valence-electron chi connectivity index (χ2n) is 4.65. The number of carbonyl (C=O) groups is 2. The molecule has 0 unspecified atom stereocenters. The lowest BCUT2D eigenvalue weighted by atomic mass is 10.1. The van der Waals surface area contributed by atoms with E-state index in [0.29, 0.717) is 5.56 Å². The SMILES string of the molecule is CN(C)C(=O)CN(C)C(=O)c1cc(F)ccc1C#CCN. The molecule has 0 saturated heterocycles. The minimum atomic E-state index is -0.538. The van der Waals surface area contributed by atoms with Crippen LogP contribution < -0.4 is 5.73 Å². The third-order valence-electron chi connectivity index (χ3n) is 2.76. The van der Waals surface area contributed by atoms with E-state index >= 15 is 0 Å². The van der Waals surface area contributed by atoms with Crippen molar-refractivity contribution in [3.63, 3.8) is 0 Å². The Bertz CT molecular complexity index is 603. The van der Waals surface area contributed by atoms with Gasteiger partial charge in [-0.1, -0.05) is 11.8 Å². The van der Waals surface area contributed by atoms with Crippen LogP contribution in [0.4, 0.5) is 4.39 Å². The average molecular weight is 291 g/mol. The molecule has 2 N–H and O–H groups in total. The highest BCUT2D eigenvalue weighted by Gasteiger charge is 2.19. The Morgan fingerprint density at radius 2 is 1.95 bits per heavy atom. The van der Waals surface area contributed by atoms with Crippen molar-refractivity contribution in [1.82, 2.24) is 9.80 Å². The lowest BCUT2D eigenvalue weighted by molar-refractivity contribution is -0.129. The summed E-state index contributed by atoms with van der Waals surface area (Å²) in [6, 6.07) is 3.76. The molecule has 0 heterocycles. The molecule has 0 aliphatic rings. The van der Waals surface area contributed by atoms with Gasteiger partial charge in [0.15, 0.2) is 0 Å². The van der Waals surface area contributed by atoms with E-state index in [1.807, 2.05) is 0 Å². The van der Waals surface area contributed by atoms with Crippen LogP contribution in [0.1, 0.15) is 15.9 Å². The fourth-order valence-electron chi connectivity index (χ4n) is 1.57. The summed E-state index contributed by atoms with van der Waals surface area (Å²) >= 11 is 0. The topological polar surface area (TPSA) is 66.6 Å². The fourth-order valence-corrected chi connectivity index (χ4v) is 1.57. The van der Waals surface area contributed by atoms with Crippen molar-refractivity contribution < 1.29 is 14.0 Å². The second kappa shape index (κ2) is 7.41. The Hall–Kier alpha value is -2.39. The maximum atomic E-state index is 13.4. The summed E-state index contributed by atoms with van der Waals surface area (Å²) in [6.45, 7) is 0.0477. The van der Waals surface area contributed by atoms with Crippen LogP contribution in [0.25, 0.3) is 0 Å². The van der Waals surface area contributed by atoms with Crippen molar-refractivity contribution in [1.29, 1.82) is 0 Å². The Morgan fingerprint density at radius 3 is 2.52 bits per heavy atom. The standard InChI is InChI=1S/C15H18FN3O2/c1-18(2)14(20)10-19(3)15(21)13-9-12(16)7-6-11(13)5-4-8-17/h6-7,9H,8,10,17H2,1-3H3. The summed E-state index contributed by atoms with van der Waals surface area (Å²) < 4.78 is 13.4. The van der Waals surface area contributed by atoms with Gasteiger partial charge < -0.3 is 15.5 Å². The molecule has 0 aliphatic heterocycles. The molecule has 6 heteroatoms. The molecule has 0 fully saturated rings. The predicted octanol–water partition coefficient (Wildman–Crippen LogP) is 0.296. The van der Waals surface area contributed by atoms with E-state index in [0.717, 1.165) is 6.07 Å². The molecular weight excluding hydrogens is 273 g/mol. The number of benzene rings is 1. The van der Waals surface area contributed by atoms with Crippen molar-refractivity contribution in [2.75, 3.05) is 34.2 Å². The molecule has 1 rings (SSSR count). The van der Waals surface area contributed by atoms with Crippen LogP contribution >= 0.6 is 0 Å². The molecule has 1 aromatic rings. The van der Waals surface area contributed by atoms with E-state index in [-0.39, 0.29) is 24.6 Å². The van der Waals surface area contributed by atoms with Gasteiger partial charge >= 0.3 is 0 Å². The Kier molecular flexibility index (Phi) is 5.88. The lowest BCUT2D eigenvalue weighted by Crippen LogP contribution is -2.38. The molecule has 1 aromatic carbocycles. The van der Waals surface area contributed by atoms with Crippen LogP contribution in [-0.2, 0) is 4.79 Å².